The number of hydrogen-bond acceptors (Lipinski definition) is 5. The van der Waals surface area contributed by atoms with E-state index in [0.717, 1.165) is 0 Å². The first-order valence-corrected chi connectivity index (χ1v) is 5.57. The van der Waals surface area contributed by atoms with Crippen LogP contribution in [0.4, 0.5) is 0 Å². The molecule has 0 aliphatic rings. The van der Waals surface area contributed by atoms with Crippen LogP contribution in [0.3, 0.4) is 0 Å². The Morgan fingerprint density at radius 3 is 2.61 bits per heavy atom. The van der Waals surface area contributed by atoms with Crippen molar-refractivity contribution in [3.63, 3.8) is 0 Å². The van der Waals surface area contributed by atoms with E-state index in [1.54, 1.807) is 19.2 Å². The molecule has 0 amide bonds. The minimum absolute atomic E-state index is 0.147. The third kappa shape index (κ3) is 3.73. The Labute approximate surface area is 104 Å². The number of esters is 2. The predicted octanol–water partition coefficient (Wildman–Crippen LogP) is 0.866. The van der Waals surface area contributed by atoms with Crippen molar-refractivity contribution in [2.45, 2.75) is 20.3 Å². The maximum absolute atomic E-state index is 11.7. The largest absolute Gasteiger partial charge is 0.466 e. The highest BCUT2D eigenvalue weighted by Gasteiger charge is 2.21. The Balaban J connectivity index is 2.67. The molecule has 0 atom stereocenters. The molecule has 18 heavy (non-hydrogen) atoms. The van der Waals surface area contributed by atoms with Crippen LogP contribution in [-0.2, 0) is 25.5 Å². The Morgan fingerprint density at radius 1 is 1.28 bits per heavy atom. The fourth-order valence-corrected chi connectivity index (χ4v) is 1.42. The highest BCUT2D eigenvalue weighted by molar-refractivity contribution is 6.40. The summed E-state index contributed by atoms with van der Waals surface area (Å²) in [5.74, 6) is -2.00. The lowest BCUT2D eigenvalue weighted by Crippen LogP contribution is -2.19. The number of nitrogens with one attached hydrogen (secondary N) is 1. The normalized spacial score (nSPS) is 9.89. The topological polar surface area (TPSA) is 85.5 Å². The first-order chi connectivity index (χ1) is 8.56. The molecule has 1 aromatic heterocycles. The van der Waals surface area contributed by atoms with Crippen LogP contribution in [0.2, 0.25) is 0 Å². The molecule has 0 radical (unpaired) electrons. The summed E-state index contributed by atoms with van der Waals surface area (Å²) in [6, 6.07) is 1.66. The van der Waals surface area contributed by atoms with Gasteiger partial charge in [-0.15, -0.1) is 0 Å². The second kappa shape index (κ2) is 6.58. The summed E-state index contributed by atoms with van der Waals surface area (Å²) < 4.78 is 9.41. The summed E-state index contributed by atoms with van der Waals surface area (Å²) in [6.07, 6.45) is 1.92. The number of aromatic amines is 1. The first kappa shape index (κ1) is 14.0. The number of carbonyl (C=O) groups is 3. The number of hydrogen-bond donors (Lipinski definition) is 1. The molecular weight excluding hydrogens is 238 g/mol. The zero-order chi connectivity index (χ0) is 13.5. The van der Waals surface area contributed by atoms with E-state index in [9.17, 15) is 14.4 Å². The van der Waals surface area contributed by atoms with Gasteiger partial charge in [0, 0.05) is 19.5 Å². The van der Waals surface area contributed by atoms with Crippen LogP contribution in [0.1, 0.15) is 29.9 Å². The van der Waals surface area contributed by atoms with E-state index in [0.29, 0.717) is 12.0 Å². The molecule has 6 heteroatoms. The van der Waals surface area contributed by atoms with Gasteiger partial charge in [0.15, 0.2) is 0 Å². The second-order valence-corrected chi connectivity index (χ2v) is 3.52. The van der Waals surface area contributed by atoms with Crippen molar-refractivity contribution in [1.29, 1.82) is 0 Å². The molecule has 0 saturated carbocycles. The average molecular weight is 253 g/mol. The van der Waals surface area contributed by atoms with Gasteiger partial charge in [-0.25, -0.2) is 4.79 Å². The summed E-state index contributed by atoms with van der Waals surface area (Å²) in [5, 5.41) is 0. The van der Waals surface area contributed by atoms with Crippen LogP contribution in [0, 0.1) is 0 Å². The van der Waals surface area contributed by atoms with Crippen LogP contribution in [-0.4, -0.2) is 35.9 Å². The number of Topliss-reactive ketones (excluding diaryl/α,β-unsaturated/α-hetero) is 1. The average Bonchev–Trinajstić information content (AvgIpc) is 2.76. The highest BCUT2D eigenvalue weighted by atomic mass is 16.5. The first-order valence-electron chi connectivity index (χ1n) is 5.57. The molecule has 0 saturated heterocycles. The molecule has 0 aliphatic heterocycles. The van der Waals surface area contributed by atoms with Crippen LogP contribution in [0.5, 0.6) is 0 Å². The number of rotatable bonds is 6. The van der Waals surface area contributed by atoms with E-state index in [1.807, 2.05) is 0 Å². The Bertz CT molecular complexity index is 449. The van der Waals surface area contributed by atoms with Crippen molar-refractivity contribution >= 4 is 17.7 Å². The lowest BCUT2D eigenvalue weighted by atomic mass is 10.1. The van der Waals surface area contributed by atoms with Gasteiger partial charge in [-0.05, 0) is 18.6 Å². The van der Waals surface area contributed by atoms with Crippen LogP contribution in [0.25, 0.3) is 0 Å². The molecule has 1 heterocycles. The van der Waals surface area contributed by atoms with E-state index in [2.05, 4.69) is 9.72 Å². The lowest BCUT2D eigenvalue weighted by Gasteiger charge is -2.04. The van der Waals surface area contributed by atoms with Crippen molar-refractivity contribution < 1.29 is 23.9 Å². The Kier molecular flexibility index (Phi) is 5.10. The van der Waals surface area contributed by atoms with E-state index in [-0.39, 0.29) is 24.9 Å². The summed E-state index contributed by atoms with van der Waals surface area (Å²) in [7, 11) is 0. The van der Waals surface area contributed by atoms with Gasteiger partial charge in [-0.3, -0.25) is 9.59 Å². The summed E-state index contributed by atoms with van der Waals surface area (Å²) in [5.41, 5.74) is 0.801. The number of aromatic nitrogens is 1. The molecule has 98 valence electrons. The standard InChI is InChI=1S/C12H15NO5/c1-3-17-12(16)11(15)10-9(4-6-13-10)5-7-18-8(2)14/h4,6,13H,3,5,7H2,1-2H3. The third-order valence-corrected chi connectivity index (χ3v) is 2.20. The van der Waals surface area contributed by atoms with E-state index >= 15 is 0 Å². The lowest BCUT2D eigenvalue weighted by molar-refractivity contribution is -0.141. The zero-order valence-electron chi connectivity index (χ0n) is 10.3. The van der Waals surface area contributed by atoms with Gasteiger partial charge in [0.1, 0.15) is 0 Å². The molecule has 0 bridgehead atoms. The molecule has 0 aromatic carbocycles. The molecular formula is C12H15NO5. The van der Waals surface area contributed by atoms with Crippen LogP contribution < -0.4 is 0 Å². The molecule has 1 N–H and O–H groups in total. The van der Waals surface area contributed by atoms with Gasteiger partial charge in [0.2, 0.25) is 0 Å². The van der Waals surface area contributed by atoms with Crippen molar-refractivity contribution in [2.75, 3.05) is 13.2 Å². The number of ketones is 1. The van der Waals surface area contributed by atoms with Crippen molar-refractivity contribution in [3.05, 3.63) is 23.5 Å². The van der Waals surface area contributed by atoms with Crippen molar-refractivity contribution in [2.24, 2.45) is 0 Å². The van der Waals surface area contributed by atoms with Gasteiger partial charge in [-0.2, -0.15) is 0 Å². The quantitative estimate of drug-likeness (QED) is 0.462. The van der Waals surface area contributed by atoms with Gasteiger partial charge >= 0.3 is 11.9 Å². The monoisotopic (exact) mass is 253 g/mol. The van der Waals surface area contributed by atoms with Gasteiger partial charge in [0.05, 0.1) is 18.9 Å². The van der Waals surface area contributed by atoms with Crippen molar-refractivity contribution in [3.8, 4) is 0 Å². The molecule has 0 spiro atoms. The van der Waals surface area contributed by atoms with Crippen LogP contribution in [0.15, 0.2) is 12.3 Å². The molecule has 0 unspecified atom stereocenters. The Hall–Kier alpha value is -2.11. The van der Waals surface area contributed by atoms with E-state index in [1.165, 1.54) is 6.92 Å². The maximum atomic E-state index is 11.7. The third-order valence-electron chi connectivity index (χ3n) is 2.20. The molecule has 6 nitrogen and oxygen atoms in total. The fraction of sp³-hybridized carbons (Fsp3) is 0.417. The van der Waals surface area contributed by atoms with Gasteiger partial charge < -0.3 is 14.5 Å². The minimum Gasteiger partial charge on any atom is -0.466 e. The molecule has 1 rings (SSSR count). The van der Waals surface area contributed by atoms with Gasteiger partial charge in [0.25, 0.3) is 5.78 Å². The second-order valence-electron chi connectivity index (χ2n) is 3.52. The number of H-pyrrole nitrogens is 1. The van der Waals surface area contributed by atoms with E-state index < -0.39 is 11.8 Å². The maximum Gasteiger partial charge on any atom is 0.381 e. The molecule has 0 fully saturated rings. The highest BCUT2D eigenvalue weighted by Crippen LogP contribution is 2.09. The summed E-state index contributed by atoms with van der Waals surface area (Å²) in [4.78, 5) is 36.3. The molecule has 1 aromatic rings. The number of ether oxygens (including phenoxy) is 2. The smallest absolute Gasteiger partial charge is 0.381 e. The van der Waals surface area contributed by atoms with Crippen LogP contribution >= 0.6 is 0 Å². The molecule has 0 aliphatic carbocycles. The minimum atomic E-state index is -0.895. The Morgan fingerprint density at radius 2 is 2.00 bits per heavy atom. The van der Waals surface area contributed by atoms with Gasteiger partial charge in [-0.1, -0.05) is 0 Å². The predicted molar refractivity (Wildman–Crippen MR) is 62.1 cm³/mol. The summed E-state index contributed by atoms with van der Waals surface area (Å²) in [6.45, 7) is 3.24. The SMILES string of the molecule is CCOC(=O)C(=O)c1[nH]ccc1CCOC(C)=O. The number of carbonyl (C=O) groups excluding carboxylic acids is 3. The summed E-state index contributed by atoms with van der Waals surface area (Å²) >= 11 is 0. The van der Waals surface area contributed by atoms with E-state index in [4.69, 9.17) is 4.74 Å². The van der Waals surface area contributed by atoms with Crippen molar-refractivity contribution in [1.82, 2.24) is 4.98 Å². The zero-order valence-corrected chi connectivity index (χ0v) is 10.3. The fourth-order valence-electron chi connectivity index (χ4n) is 1.42.